The Kier molecular flexibility index (Phi) is 6.64. The average Bonchev–Trinajstić information content (AvgIpc) is 2.82. The number of carbonyl (C=O) groups is 1. The molecule has 5 heteroatoms. The molecule has 1 heterocycles. The first kappa shape index (κ1) is 19.2. The highest BCUT2D eigenvalue weighted by Gasteiger charge is 2.38. The van der Waals surface area contributed by atoms with Crippen molar-refractivity contribution < 1.29 is 14.3 Å². The summed E-state index contributed by atoms with van der Waals surface area (Å²) in [5.41, 5.74) is 6.76. The third kappa shape index (κ3) is 7.42. The van der Waals surface area contributed by atoms with Crippen molar-refractivity contribution in [1.82, 2.24) is 0 Å². The summed E-state index contributed by atoms with van der Waals surface area (Å²) in [6.07, 6.45) is 1.91. The second-order valence-electron chi connectivity index (χ2n) is 7.80. The molecule has 22 heavy (non-hydrogen) atoms. The Morgan fingerprint density at radius 1 is 1.05 bits per heavy atom. The zero-order valence-electron chi connectivity index (χ0n) is 14.7. The van der Waals surface area contributed by atoms with Gasteiger partial charge in [0, 0.05) is 18.8 Å². The molecule has 0 aromatic carbocycles. The van der Waals surface area contributed by atoms with Crippen molar-refractivity contribution >= 4 is 22.4 Å². The fourth-order valence-electron chi connectivity index (χ4n) is 1.98. The minimum absolute atomic E-state index is 0.0128. The third-order valence-corrected chi connectivity index (χ3v) is 4.77. The van der Waals surface area contributed by atoms with E-state index in [1.165, 1.54) is 0 Å². The van der Waals surface area contributed by atoms with Crippen molar-refractivity contribution in [3.63, 3.8) is 0 Å². The van der Waals surface area contributed by atoms with Gasteiger partial charge in [-0.2, -0.15) is 0 Å². The van der Waals surface area contributed by atoms with Crippen molar-refractivity contribution in [2.24, 2.45) is 5.92 Å². The molecule has 0 amide bonds. The molecule has 3 nitrogen and oxygen atoms in total. The van der Waals surface area contributed by atoms with Crippen LogP contribution in [-0.2, 0) is 14.3 Å². The van der Waals surface area contributed by atoms with E-state index in [4.69, 9.17) is 9.47 Å². The van der Waals surface area contributed by atoms with E-state index in [9.17, 15) is 4.79 Å². The first-order valence-corrected chi connectivity index (χ1v) is 14.8. The lowest BCUT2D eigenvalue weighted by Gasteiger charge is -2.23. The molecule has 0 aromatic heterocycles. The molecule has 0 N–H and O–H groups in total. The van der Waals surface area contributed by atoms with Crippen LogP contribution in [0.3, 0.4) is 0 Å². The van der Waals surface area contributed by atoms with Crippen molar-refractivity contribution in [3.05, 3.63) is 0 Å². The van der Waals surface area contributed by atoms with E-state index < -0.39 is 21.9 Å². The summed E-state index contributed by atoms with van der Waals surface area (Å²) in [4.78, 5) is 11.4. The van der Waals surface area contributed by atoms with E-state index in [0.29, 0.717) is 26.1 Å². The van der Waals surface area contributed by atoms with Crippen molar-refractivity contribution in [2.75, 3.05) is 13.2 Å². The zero-order chi connectivity index (χ0) is 16.9. The lowest BCUT2D eigenvalue weighted by Crippen LogP contribution is -2.34. The van der Waals surface area contributed by atoms with Gasteiger partial charge in [0.05, 0.1) is 13.2 Å². The van der Waals surface area contributed by atoms with E-state index in [1.807, 2.05) is 0 Å². The Hall–Kier alpha value is -0.856. The number of ether oxygens (including phenoxy) is 2. The standard InChI is InChI=1S/C17H28O3Si2/c1-21(2,3)12-7-8-16(9-13-22(4,5)6)14-17(15-18)19-10-11-20-17/h15-16H,8,10-11,14H2,1-6H3. The van der Waals surface area contributed by atoms with Crippen molar-refractivity contribution in [2.45, 2.75) is 57.9 Å². The number of aldehydes is 1. The Bertz CT molecular complexity index is 500. The quantitative estimate of drug-likeness (QED) is 0.450. The molecule has 0 bridgehead atoms. The van der Waals surface area contributed by atoms with Crippen molar-refractivity contribution in [1.29, 1.82) is 0 Å². The highest BCUT2D eigenvalue weighted by atomic mass is 28.3. The van der Waals surface area contributed by atoms with Gasteiger partial charge >= 0.3 is 0 Å². The number of hydrogen-bond acceptors (Lipinski definition) is 3. The van der Waals surface area contributed by atoms with Gasteiger partial charge in [-0.25, -0.2) is 0 Å². The van der Waals surface area contributed by atoms with Crippen LogP contribution in [0.4, 0.5) is 0 Å². The van der Waals surface area contributed by atoms with Gasteiger partial charge in [0.2, 0.25) is 5.79 Å². The average molecular weight is 337 g/mol. The third-order valence-electron chi connectivity index (χ3n) is 2.95. The normalized spacial score (nSPS) is 18.6. The fraction of sp³-hybridized carbons (Fsp3) is 0.706. The van der Waals surface area contributed by atoms with Crippen LogP contribution in [0.15, 0.2) is 0 Å². The zero-order valence-corrected chi connectivity index (χ0v) is 16.7. The second-order valence-corrected chi connectivity index (χ2v) is 17.3. The lowest BCUT2D eigenvalue weighted by atomic mass is 9.97. The topological polar surface area (TPSA) is 35.5 Å². The predicted molar refractivity (Wildman–Crippen MR) is 95.7 cm³/mol. The molecule has 1 fully saturated rings. The molecule has 122 valence electrons. The molecule has 1 atom stereocenters. The van der Waals surface area contributed by atoms with Crippen molar-refractivity contribution in [3.8, 4) is 22.9 Å². The van der Waals surface area contributed by atoms with E-state index >= 15 is 0 Å². The summed E-state index contributed by atoms with van der Waals surface area (Å²) >= 11 is 0. The molecule has 1 rings (SSSR count). The van der Waals surface area contributed by atoms with Crippen LogP contribution < -0.4 is 0 Å². The van der Waals surface area contributed by atoms with Gasteiger partial charge in [0.1, 0.15) is 16.1 Å². The summed E-state index contributed by atoms with van der Waals surface area (Å²) in [5, 5.41) is 0. The molecule has 1 aliphatic rings. The van der Waals surface area contributed by atoms with Gasteiger partial charge in [-0.05, 0) is 0 Å². The first-order valence-electron chi connectivity index (χ1n) is 7.82. The summed E-state index contributed by atoms with van der Waals surface area (Å²) < 4.78 is 11.0. The molecular formula is C17H28O3Si2. The molecular weight excluding hydrogens is 308 g/mol. The Labute approximate surface area is 137 Å². The molecule has 1 saturated heterocycles. The molecule has 1 unspecified atom stereocenters. The highest BCUT2D eigenvalue weighted by Crippen LogP contribution is 2.26. The van der Waals surface area contributed by atoms with Gasteiger partial charge in [-0.1, -0.05) is 39.3 Å². The molecule has 1 aliphatic heterocycles. The summed E-state index contributed by atoms with van der Waals surface area (Å²) in [6, 6.07) is 0. The minimum Gasteiger partial charge on any atom is -0.341 e. The van der Waals surface area contributed by atoms with E-state index in [1.54, 1.807) is 0 Å². The van der Waals surface area contributed by atoms with E-state index in [0.717, 1.165) is 6.29 Å². The van der Waals surface area contributed by atoms with Crippen LogP contribution in [0, 0.1) is 28.8 Å². The molecule has 0 radical (unpaired) electrons. The van der Waals surface area contributed by atoms with E-state index in [-0.39, 0.29) is 5.92 Å². The largest absolute Gasteiger partial charge is 0.341 e. The van der Waals surface area contributed by atoms with Gasteiger partial charge < -0.3 is 9.47 Å². The summed E-state index contributed by atoms with van der Waals surface area (Å²) in [5.74, 6) is 5.51. The predicted octanol–water partition coefficient (Wildman–Crippen LogP) is 3.09. The summed E-state index contributed by atoms with van der Waals surface area (Å²) in [6.45, 7) is 14.2. The van der Waals surface area contributed by atoms with Gasteiger partial charge in [0.15, 0.2) is 6.29 Å². The molecule has 0 aromatic rings. The first-order chi connectivity index (χ1) is 10.1. The maximum absolute atomic E-state index is 11.4. The second kappa shape index (κ2) is 7.61. The summed E-state index contributed by atoms with van der Waals surface area (Å²) in [7, 11) is -2.84. The molecule has 0 saturated carbocycles. The Morgan fingerprint density at radius 3 is 2.05 bits per heavy atom. The van der Waals surface area contributed by atoms with Crippen LogP contribution in [0.1, 0.15) is 12.8 Å². The lowest BCUT2D eigenvalue weighted by molar-refractivity contribution is -0.171. The minimum atomic E-state index is -1.46. The van der Waals surface area contributed by atoms with Crippen LogP contribution >= 0.6 is 0 Å². The van der Waals surface area contributed by atoms with Crippen LogP contribution in [-0.4, -0.2) is 41.4 Å². The smallest absolute Gasteiger partial charge is 0.227 e. The Morgan fingerprint density at radius 2 is 1.59 bits per heavy atom. The monoisotopic (exact) mass is 336 g/mol. The maximum atomic E-state index is 11.4. The van der Waals surface area contributed by atoms with E-state index in [2.05, 4.69) is 62.2 Å². The number of hydrogen-bond donors (Lipinski definition) is 0. The number of rotatable bonds is 4. The van der Waals surface area contributed by atoms with Crippen LogP contribution in [0.25, 0.3) is 0 Å². The van der Waals surface area contributed by atoms with Gasteiger partial charge in [-0.3, -0.25) is 4.79 Å². The van der Waals surface area contributed by atoms with Gasteiger partial charge in [-0.15, -0.1) is 22.9 Å². The molecule has 0 spiro atoms. The van der Waals surface area contributed by atoms with Crippen LogP contribution in [0.5, 0.6) is 0 Å². The van der Waals surface area contributed by atoms with Crippen LogP contribution in [0.2, 0.25) is 39.3 Å². The molecule has 0 aliphatic carbocycles. The Balaban J connectivity index is 2.87. The maximum Gasteiger partial charge on any atom is 0.227 e. The number of carbonyl (C=O) groups excluding carboxylic acids is 1. The highest BCUT2D eigenvalue weighted by molar-refractivity contribution is 6.84. The SMILES string of the molecule is C[Si](C)(C)C#CCC(C#C[Si](C)(C)C)CC1(C=O)OCCO1. The fourth-order valence-corrected chi connectivity index (χ4v) is 3.25. The van der Waals surface area contributed by atoms with Gasteiger partial charge in [0.25, 0.3) is 0 Å².